The van der Waals surface area contributed by atoms with Crippen molar-refractivity contribution in [2.45, 2.75) is 51.2 Å². The molecule has 0 aromatic heterocycles. The van der Waals surface area contributed by atoms with Gasteiger partial charge in [0.05, 0.1) is 6.42 Å². The zero-order valence-electron chi connectivity index (χ0n) is 10.7. The van der Waals surface area contributed by atoms with E-state index in [4.69, 9.17) is 16.3 Å². The maximum atomic E-state index is 11.4. The number of carbonyl (C=O) groups excluding carboxylic acids is 2. The van der Waals surface area contributed by atoms with Crippen LogP contribution in [0.1, 0.15) is 39.0 Å². The fourth-order valence-electron chi connectivity index (χ4n) is 1.96. The van der Waals surface area contributed by atoms with Crippen LogP contribution >= 0.6 is 11.6 Å². The number of carbonyl (C=O) groups is 2. The molecule has 1 rings (SSSR count). The number of esters is 1. The molecule has 0 aromatic carbocycles. The second kappa shape index (κ2) is 7.41. The quantitative estimate of drug-likeness (QED) is 0.474. The number of nitrogens with one attached hydrogen (secondary N) is 1. The molecular weight excluding hydrogens is 254 g/mol. The highest BCUT2D eigenvalue weighted by Gasteiger charge is 2.24. The fourth-order valence-corrected chi connectivity index (χ4v) is 2.11. The van der Waals surface area contributed by atoms with Crippen LogP contribution in [0.4, 0.5) is 0 Å². The first-order chi connectivity index (χ1) is 8.52. The summed E-state index contributed by atoms with van der Waals surface area (Å²) < 4.78 is 5.28. The van der Waals surface area contributed by atoms with Crippen molar-refractivity contribution in [3.63, 3.8) is 0 Å². The average Bonchev–Trinajstić information content (AvgIpc) is 2.31. The average molecular weight is 274 g/mol. The maximum Gasteiger partial charge on any atom is 0.307 e. The van der Waals surface area contributed by atoms with Crippen molar-refractivity contribution in [1.82, 2.24) is 5.32 Å². The summed E-state index contributed by atoms with van der Waals surface area (Å²) in [7, 11) is 0. The predicted octanol–water partition coefficient (Wildman–Crippen LogP) is 2.16. The van der Waals surface area contributed by atoms with Crippen molar-refractivity contribution in [3.05, 3.63) is 12.2 Å². The summed E-state index contributed by atoms with van der Waals surface area (Å²) in [6, 6.07) is 0.164. The topological polar surface area (TPSA) is 55.4 Å². The SMILES string of the molecule is C=C(C)C(=O)NC1CCC(OC(=O)CCCl)CC1. The summed E-state index contributed by atoms with van der Waals surface area (Å²) in [5, 5.41) is 2.92. The van der Waals surface area contributed by atoms with Gasteiger partial charge < -0.3 is 10.1 Å². The molecule has 5 heteroatoms. The van der Waals surface area contributed by atoms with Crippen LogP contribution in [0.25, 0.3) is 0 Å². The van der Waals surface area contributed by atoms with Crippen LogP contribution in [-0.2, 0) is 14.3 Å². The van der Waals surface area contributed by atoms with E-state index < -0.39 is 0 Å². The standard InChI is InChI=1S/C13H20ClNO3/c1-9(2)13(17)15-10-3-5-11(6-4-10)18-12(16)7-8-14/h10-11H,1,3-8H2,2H3,(H,15,17). The lowest BCUT2D eigenvalue weighted by Gasteiger charge is -2.28. The van der Waals surface area contributed by atoms with E-state index in [0.717, 1.165) is 25.7 Å². The Bertz CT molecular complexity index is 322. The largest absolute Gasteiger partial charge is 0.462 e. The van der Waals surface area contributed by atoms with Crippen LogP contribution in [0.3, 0.4) is 0 Å². The molecule has 1 aliphatic carbocycles. The highest BCUT2D eigenvalue weighted by molar-refractivity contribution is 6.18. The Balaban J connectivity index is 2.26. The molecule has 4 nitrogen and oxygen atoms in total. The molecule has 1 aliphatic rings. The van der Waals surface area contributed by atoms with E-state index in [1.165, 1.54) is 0 Å². The number of ether oxygens (including phenoxy) is 1. The van der Waals surface area contributed by atoms with E-state index in [9.17, 15) is 9.59 Å². The second-order valence-electron chi connectivity index (χ2n) is 4.66. The van der Waals surface area contributed by atoms with Crippen molar-refractivity contribution in [2.24, 2.45) is 0 Å². The van der Waals surface area contributed by atoms with E-state index in [-0.39, 0.29) is 30.4 Å². The zero-order valence-corrected chi connectivity index (χ0v) is 11.5. The second-order valence-corrected chi connectivity index (χ2v) is 5.03. The molecule has 0 spiro atoms. The van der Waals surface area contributed by atoms with Gasteiger partial charge in [-0.05, 0) is 32.6 Å². The van der Waals surface area contributed by atoms with Gasteiger partial charge in [0, 0.05) is 17.5 Å². The smallest absolute Gasteiger partial charge is 0.307 e. The lowest BCUT2D eigenvalue weighted by atomic mass is 9.92. The molecule has 0 aliphatic heterocycles. The van der Waals surface area contributed by atoms with Gasteiger partial charge in [0.1, 0.15) is 6.10 Å². The van der Waals surface area contributed by atoms with Crippen LogP contribution in [0, 0.1) is 0 Å². The predicted molar refractivity (Wildman–Crippen MR) is 70.4 cm³/mol. The first-order valence-corrected chi connectivity index (χ1v) is 6.78. The fraction of sp³-hybridized carbons (Fsp3) is 0.692. The van der Waals surface area contributed by atoms with Crippen LogP contribution in [0.15, 0.2) is 12.2 Å². The van der Waals surface area contributed by atoms with Gasteiger partial charge in [-0.25, -0.2) is 0 Å². The van der Waals surface area contributed by atoms with E-state index in [0.29, 0.717) is 11.5 Å². The van der Waals surface area contributed by atoms with Crippen molar-refractivity contribution in [3.8, 4) is 0 Å². The molecule has 0 radical (unpaired) electrons. The normalized spacial score (nSPS) is 23.2. The van der Waals surface area contributed by atoms with Crippen molar-refractivity contribution >= 4 is 23.5 Å². The molecule has 0 bridgehead atoms. The Labute approximate surface area is 113 Å². The van der Waals surface area contributed by atoms with E-state index in [1.807, 2.05) is 0 Å². The minimum atomic E-state index is -0.237. The van der Waals surface area contributed by atoms with Crippen LogP contribution in [-0.4, -0.2) is 29.9 Å². The molecule has 18 heavy (non-hydrogen) atoms. The third-order valence-corrected chi connectivity index (χ3v) is 3.18. The molecule has 1 saturated carbocycles. The minimum Gasteiger partial charge on any atom is -0.462 e. The molecule has 0 aromatic rings. The van der Waals surface area contributed by atoms with Gasteiger partial charge in [0.2, 0.25) is 5.91 Å². The summed E-state index contributed by atoms with van der Waals surface area (Å²) in [4.78, 5) is 22.7. The van der Waals surface area contributed by atoms with E-state index in [2.05, 4.69) is 11.9 Å². The van der Waals surface area contributed by atoms with Gasteiger partial charge in [-0.3, -0.25) is 9.59 Å². The molecule has 0 unspecified atom stereocenters. The number of hydrogen-bond acceptors (Lipinski definition) is 3. The van der Waals surface area contributed by atoms with Crippen LogP contribution in [0.2, 0.25) is 0 Å². The van der Waals surface area contributed by atoms with Gasteiger partial charge in [0.25, 0.3) is 0 Å². The zero-order chi connectivity index (χ0) is 13.5. The van der Waals surface area contributed by atoms with Crippen molar-refractivity contribution in [1.29, 1.82) is 0 Å². The summed E-state index contributed by atoms with van der Waals surface area (Å²) in [5.74, 6) is -0.0416. The molecule has 1 N–H and O–H groups in total. The van der Waals surface area contributed by atoms with E-state index >= 15 is 0 Å². The third-order valence-electron chi connectivity index (χ3n) is 2.99. The lowest BCUT2D eigenvalue weighted by molar-refractivity contribution is -0.150. The molecular formula is C13H20ClNO3. The lowest BCUT2D eigenvalue weighted by Crippen LogP contribution is -2.39. The molecule has 1 fully saturated rings. The van der Waals surface area contributed by atoms with Gasteiger partial charge >= 0.3 is 5.97 Å². The molecule has 1 amide bonds. The summed E-state index contributed by atoms with van der Waals surface area (Å²) in [5.41, 5.74) is 0.519. The number of hydrogen-bond donors (Lipinski definition) is 1. The van der Waals surface area contributed by atoms with Gasteiger partial charge in [-0.2, -0.15) is 0 Å². The van der Waals surface area contributed by atoms with Gasteiger partial charge in [-0.1, -0.05) is 6.58 Å². The molecule has 0 atom stereocenters. The Morgan fingerprint density at radius 2 is 1.94 bits per heavy atom. The Kier molecular flexibility index (Phi) is 6.19. The molecule has 102 valence electrons. The van der Waals surface area contributed by atoms with Gasteiger partial charge in [-0.15, -0.1) is 11.6 Å². The van der Waals surface area contributed by atoms with E-state index in [1.54, 1.807) is 6.92 Å². The summed E-state index contributed by atoms with van der Waals surface area (Å²) >= 11 is 5.47. The number of halogens is 1. The first-order valence-electron chi connectivity index (χ1n) is 6.24. The highest BCUT2D eigenvalue weighted by atomic mass is 35.5. The number of amides is 1. The Morgan fingerprint density at radius 3 is 2.44 bits per heavy atom. The van der Waals surface area contributed by atoms with Crippen LogP contribution in [0.5, 0.6) is 0 Å². The Hall–Kier alpha value is -1.03. The monoisotopic (exact) mass is 273 g/mol. The number of alkyl halides is 1. The summed E-state index contributed by atoms with van der Waals surface area (Å²) in [6.45, 7) is 5.29. The maximum absolute atomic E-state index is 11.4. The van der Waals surface area contributed by atoms with Gasteiger partial charge in [0.15, 0.2) is 0 Å². The van der Waals surface area contributed by atoms with Crippen molar-refractivity contribution in [2.75, 3.05) is 5.88 Å². The Morgan fingerprint density at radius 1 is 1.33 bits per heavy atom. The molecule has 0 heterocycles. The highest BCUT2D eigenvalue weighted by Crippen LogP contribution is 2.21. The third kappa shape index (κ3) is 5.08. The molecule has 0 saturated heterocycles. The van der Waals surface area contributed by atoms with Crippen molar-refractivity contribution < 1.29 is 14.3 Å². The number of rotatable bonds is 5. The minimum absolute atomic E-state index is 0.0290. The summed E-state index contributed by atoms with van der Waals surface area (Å²) in [6.07, 6.45) is 3.46. The van der Waals surface area contributed by atoms with Crippen LogP contribution < -0.4 is 5.32 Å². The first kappa shape index (κ1) is 15.0.